The minimum absolute atomic E-state index is 0.172. The number of rotatable bonds is 5. The van der Waals surface area contributed by atoms with Crippen molar-refractivity contribution in [2.45, 2.75) is 31.9 Å². The zero-order valence-corrected chi connectivity index (χ0v) is 9.87. The third-order valence-electron chi connectivity index (χ3n) is 3.20. The van der Waals surface area contributed by atoms with Crippen molar-refractivity contribution in [1.82, 2.24) is 4.90 Å². The standard InChI is InChI=1S/C13H17F2NO/c1-2-16(10-4-5-10)8-13(17)11-6-3-9(14)7-12(11)15/h3,6-7,10,13,17H,2,4-5,8H2,1H3. The van der Waals surface area contributed by atoms with E-state index in [1.54, 1.807) is 0 Å². The van der Waals surface area contributed by atoms with Gasteiger partial charge in [0, 0.05) is 24.2 Å². The van der Waals surface area contributed by atoms with Gasteiger partial charge in [0.15, 0.2) is 0 Å². The van der Waals surface area contributed by atoms with E-state index < -0.39 is 17.7 Å². The summed E-state index contributed by atoms with van der Waals surface area (Å²) >= 11 is 0. The molecule has 2 rings (SSSR count). The Hall–Kier alpha value is -1.00. The van der Waals surface area contributed by atoms with Gasteiger partial charge in [-0.2, -0.15) is 0 Å². The summed E-state index contributed by atoms with van der Waals surface area (Å²) in [5.74, 6) is -1.29. The Kier molecular flexibility index (Phi) is 3.74. The van der Waals surface area contributed by atoms with Crippen LogP contribution in [0.1, 0.15) is 31.4 Å². The number of aliphatic hydroxyl groups excluding tert-OH is 1. The average molecular weight is 241 g/mol. The van der Waals surface area contributed by atoms with Crippen LogP contribution in [0, 0.1) is 11.6 Å². The van der Waals surface area contributed by atoms with E-state index in [1.807, 2.05) is 6.92 Å². The Morgan fingerprint density at radius 2 is 2.12 bits per heavy atom. The van der Waals surface area contributed by atoms with Gasteiger partial charge in [0.1, 0.15) is 11.6 Å². The van der Waals surface area contributed by atoms with Crippen molar-refractivity contribution in [1.29, 1.82) is 0 Å². The summed E-state index contributed by atoms with van der Waals surface area (Å²) in [4.78, 5) is 2.13. The van der Waals surface area contributed by atoms with Gasteiger partial charge in [-0.15, -0.1) is 0 Å². The summed E-state index contributed by atoms with van der Waals surface area (Å²) < 4.78 is 26.2. The molecule has 1 N–H and O–H groups in total. The van der Waals surface area contributed by atoms with Gasteiger partial charge in [-0.3, -0.25) is 4.90 Å². The molecule has 1 aromatic rings. The second kappa shape index (κ2) is 5.10. The largest absolute Gasteiger partial charge is 0.387 e. The van der Waals surface area contributed by atoms with Crippen LogP contribution >= 0.6 is 0 Å². The van der Waals surface area contributed by atoms with Crippen LogP contribution in [0.25, 0.3) is 0 Å². The van der Waals surface area contributed by atoms with E-state index >= 15 is 0 Å². The molecule has 0 radical (unpaired) electrons. The maximum atomic E-state index is 13.5. The summed E-state index contributed by atoms with van der Waals surface area (Å²) in [7, 11) is 0. The third kappa shape index (κ3) is 3.01. The lowest BCUT2D eigenvalue weighted by atomic mass is 10.1. The van der Waals surface area contributed by atoms with Gasteiger partial charge in [0.2, 0.25) is 0 Å². The monoisotopic (exact) mass is 241 g/mol. The molecule has 1 fully saturated rings. The molecule has 1 saturated carbocycles. The maximum Gasteiger partial charge on any atom is 0.131 e. The topological polar surface area (TPSA) is 23.5 Å². The van der Waals surface area contributed by atoms with E-state index in [2.05, 4.69) is 4.90 Å². The van der Waals surface area contributed by atoms with Crippen molar-refractivity contribution in [2.75, 3.05) is 13.1 Å². The second-order valence-corrected chi connectivity index (χ2v) is 4.50. The molecule has 2 nitrogen and oxygen atoms in total. The lowest BCUT2D eigenvalue weighted by molar-refractivity contribution is 0.109. The van der Waals surface area contributed by atoms with Gasteiger partial charge >= 0.3 is 0 Å². The highest BCUT2D eigenvalue weighted by atomic mass is 19.1. The van der Waals surface area contributed by atoms with Gasteiger partial charge in [-0.25, -0.2) is 8.78 Å². The van der Waals surface area contributed by atoms with Crippen LogP contribution < -0.4 is 0 Å². The highest BCUT2D eigenvalue weighted by Gasteiger charge is 2.29. The first-order valence-electron chi connectivity index (χ1n) is 5.99. The third-order valence-corrected chi connectivity index (χ3v) is 3.20. The Morgan fingerprint density at radius 1 is 1.41 bits per heavy atom. The summed E-state index contributed by atoms with van der Waals surface area (Å²) in [6.07, 6.45) is 1.40. The predicted molar refractivity (Wildman–Crippen MR) is 61.6 cm³/mol. The van der Waals surface area contributed by atoms with E-state index in [0.717, 1.165) is 25.5 Å². The van der Waals surface area contributed by atoms with Crippen LogP contribution in [0.2, 0.25) is 0 Å². The molecular formula is C13H17F2NO. The fraction of sp³-hybridized carbons (Fsp3) is 0.538. The smallest absolute Gasteiger partial charge is 0.131 e. The highest BCUT2D eigenvalue weighted by Crippen LogP contribution is 2.29. The number of likely N-dealkylation sites (N-methyl/N-ethyl adjacent to an activating group) is 1. The Morgan fingerprint density at radius 3 is 2.65 bits per heavy atom. The summed E-state index contributed by atoms with van der Waals surface area (Å²) in [5, 5.41) is 9.97. The van der Waals surface area contributed by atoms with Gasteiger partial charge < -0.3 is 5.11 Å². The molecule has 4 heteroatoms. The number of hydrogen-bond donors (Lipinski definition) is 1. The van der Waals surface area contributed by atoms with Gasteiger partial charge in [-0.1, -0.05) is 13.0 Å². The molecule has 94 valence electrons. The van der Waals surface area contributed by atoms with Crippen LogP contribution in [0.5, 0.6) is 0 Å². The van der Waals surface area contributed by atoms with Crippen molar-refractivity contribution in [3.8, 4) is 0 Å². The molecule has 0 heterocycles. The lowest BCUT2D eigenvalue weighted by Gasteiger charge is -2.23. The summed E-state index contributed by atoms with van der Waals surface area (Å²) in [6, 6.07) is 3.83. The Labute approximate surface area is 99.9 Å². The summed E-state index contributed by atoms with van der Waals surface area (Å²) in [5.41, 5.74) is 0.172. The Bertz CT molecular complexity index is 393. The zero-order chi connectivity index (χ0) is 12.4. The van der Waals surface area contributed by atoms with Crippen LogP contribution in [-0.2, 0) is 0 Å². The zero-order valence-electron chi connectivity index (χ0n) is 9.87. The fourth-order valence-electron chi connectivity index (χ4n) is 2.07. The maximum absolute atomic E-state index is 13.5. The van der Waals surface area contributed by atoms with Crippen LogP contribution in [-0.4, -0.2) is 29.1 Å². The minimum atomic E-state index is -0.892. The van der Waals surface area contributed by atoms with E-state index in [4.69, 9.17) is 0 Å². The van der Waals surface area contributed by atoms with Crippen molar-refractivity contribution >= 4 is 0 Å². The molecule has 0 aromatic heterocycles. The normalized spacial score (nSPS) is 17.5. The van der Waals surface area contributed by atoms with E-state index in [-0.39, 0.29) is 5.56 Å². The quantitative estimate of drug-likeness (QED) is 0.856. The molecular weight excluding hydrogens is 224 g/mol. The molecule has 1 aliphatic rings. The second-order valence-electron chi connectivity index (χ2n) is 4.50. The molecule has 1 aromatic carbocycles. The van der Waals surface area contributed by atoms with Gasteiger partial charge in [-0.05, 0) is 25.5 Å². The molecule has 0 amide bonds. The van der Waals surface area contributed by atoms with E-state index in [1.165, 1.54) is 12.1 Å². The molecule has 1 aliphatic carbocycles. The van der Waals surface area contributed by atoms with Crippen molar-refractivity contribution < 1.29 is 13.9 Å². The van der Waals surface area contributed by atoms with Crippen LogP contribution in [0.3, 0.4) is 0 Å². The lowest BCUT2D eigenvalue weighted by Crippen LogP contribution is -2.30. The molecule has 0 spiro atoms. The molecule has 0 bridgehead atoms. The molecule has 1 unspecified atom stereocenters. The molecule has 17 heavy (non-hydrogen) atoms. The Balaban J connectivity index is 2.05. The van der Waals surface area contributed by atoms with E-state index in [0.29, 0.717) is 12.6 Å². The number of halogens is 2. The molecule has 0 saturated heterocycles. The number of nitrogens with zero attached hydrogens (tertiary/aromatic N) is 1. The first-order valence-corrected chi connectivity index (χ1v) is 5.99. The first-order chi connectivity index (χ1) is 8.11. The SMILES string of the molecule is CCN(CC(O)c1ccc(F)cc1F)C1CC1. The number of hydrogen-bond acceptors (Lipinski definition) is 2. The van der Waals surface area contributed by atoms with E-state index in [9.17, 15) is 13.9 Å². The van der Waals surface area contributed by atoms with Gasteiger partial charge in [0.05, 0.1) is 6.10 Å². The number of aliphatic hydroxyl groups is 1. The highest BCUT2D eigenvalue weighted by molar-refractivity contribution is 5.21. The van der Waals surface area contributed by atoms with Crippen molar-refractivity contribution in [3.63, 3.8) is 0 Å². The van der Waals surface area contributed by atoms with Crippen LogP contribution in [0.15, 0.2) is 18.2 Å². The average Bonchev–Trinajstić information content (AvgIpc) is 3.09. The van der Waals surface area contributed by atoms with Crippen molar-refractivity contribution in [2.24, 2.45) is 0 Å². The minimum Gasteiger partial charge on any atom is -0.387 e. The molecule has 1 atom stereocenters. The van der Waals surface area contributed by atoms with Crippen LogP contribution in [0.4, 0.5) is 8.78 Å². The fourth-order valence-corrected chi connectivity index (χ4v) is 2.07. The number of benzene rings is 1. The van der Waals surface area contributed by atoms with Crippen molar-refractivity contribution in [3.05, 3.63) is 35.4 Å². The molecule has 0 aliphatic heterocycles. The first kappa shape index (κ1) is 12.5. The summed E-state index contributed by atoms with van der Waals surface area (Å²) in [6.45, 7) is 3.26. The predicted octanol–water partition coefficient (Wildman–Crippen LogP) is 2.48. The van der Waals surface area contributed by atoms with Gasteiger partial charge in [0.25, 0.3) is 0 Å².